The minimum atomic E-state index is -0.0564. The molecule has 0 aliphatic rings. The molecular weight excluding hydrogens is 202 g/mol. The van der Waals surface area contributed by atoms with Crippen LogP contribution in [0.3, 0.4) is 0 Å². The largest absolute Gasteiger partial charge is 0.316 e. The second kappa shape index (κ2) is 8.73. The SMILES string of the molecule is CCCCC(CC)C(=O)N(CC#N)CC#N. The van der Waals surface area contributed by atoms with Gasteiger partial charge < -0.3 is 4.90 Å². The van der Waals surface area contributed by atoms with Crippen LogP contribution in [0.15, 0.2) is 0 Å². The molecule has 4 heteroatoms. The first-order valence-corrected chi connectivity index (χ1v) is 5.73. The van der Waals surface area contributed by atoms with Crippen molar-refractivity contribution in [3.05, 3.63) is 0 Å². The van der Waals surface area contributed by atoms with E-state index in [9.17, 15) is 4.79 Å². The number of rotatable bonds is 7. The van der Waals surface area contributed by atoms with Gasteiger partial charge in [0.15, 0.2) is 0 Å². The minimum absolute atomic E-state index is 0.00895. The number of amides is 1. The average molecular weight is 221 g/mol. The lowest BCUT2D eigenvalue weighted by Gasteiger charge is -2.22. The first-order chi connectivity index (χ1) is 7.71. The van der Waals surface area contributed by atoms with E-state index in [2.05, 4.69) is 6.92 Å². The summed E-state index contributed by atoms with van der Waals surface area (Å²) in [6.07, 6.45) is 3.68. The Balaban J connectivity index is 4.44. The third kappa shape index (κ3) is 4.79. The van der Waals surface area contributed by atoms with Gasteiger partial charge in [0.2, 0.25) is 5.91 Å². The zero-order chi connectivity index (χ0) is 12.4. The van der Waals surface area contributed by atoms with Crippen molar-refractivity contribution in [3.8, 4) is 12.1 Å². The van der Waals surface area contributed by atoms with Crippen LogP contribution in [0.4, 0.5) is 0 Å². The van der Waals surface area contributed by atoms with Crippen molar-refractivity contribution in [1.29, 1.82) is 10.5 Å². The van der Waals surface area contributed by atoms with Gasteiger partial charge in [0.1, 0.15) is 13.1 Å². The maximum atomic E-state index is 12.0. The number of hydrogen-bond donors (Lipinski definition) is 0. The Morgan fingerprint density at radius 1 is 1.25 bits per heavy atom. The lowest BCUT2D eigenvalue weighted by molar-refractivity contribution is -0.134. The summed E-state index contributed by atoms with van der Waals surface area (Å²) >= 11 is 0. The van der Waals surface area contributed by atoms with Gasteiger partial charge in [0, 0.05) is 5.92 Å². The molecule has 0 aromatic heterocycles. The highest BCUT2D eigenvalue weighted by Gasteiger charge is 2.21. The summed E-state index contributed by atoms with van der Waals surface area (Å²) in [5.41, 5.74) is 0. The molecule has 4 nitrogen and oxygen atoms in total. The van der Waals surface area contributed by atoms with Crippen molar-refractivity contribution in [2.24, 2.45) is 5.92 Å². The van der Waals surface area contributed by atoms with Crippen LogP contribution in [0.5, 0.6) is 0 Å². The van der Waals surface area contributed by atoms with E-state index >= 15 is 0 Å². The summed E-state index contributed by atoms with van der Waals surface area (Å²) in [5, 5.41) is 17.2. The first-order valence-electron chi connectivity index (χ1n) is 5.73. The molecule has 88 valence electrons. The van der Waals surface area contributed by atoms with Gasteiger partial charge in [-0.1, -0.05) is 26.7 Å². The molecule has 0 rings (SSSR count). The number of unbranched alkanes of at least 4 members (excludes halogenated alkanes) is 1. The third-order valence-electron chi connectivity index (χ3n) is 2.58. The van der Waals surface area contributed by atoms with Crippen LogP contribution >= 0.6 is 0 Å². The standard InChI is InChI=1S/C12H19N3O/c1-3-5-6-11(4-2)12(16)15(9-7-13)10-8-14/h11H,3-6,9-10H2,1-2H3. The van der Waals surface area contributed by atoms with Crippen LogP contribution in [-0.4, -0.2) is 23.9 Å². The average Bonchev–Trinajstić information content (AvgIpc) is 2.29. The fourth-order valence-corrected chi connectivity index (χ4v) is 1.59. The highest BCUT2D eigenvalue weighted by molar-refractivity contribution is 5.79. The molecule has 0 aliphatic carbocycles. The molecule has 1 amide bonds. The topological polar surface area (TPSA) is 67.9 Å². The van der Waals surface area contributed by atoms with E-state index in [0.717, 1.165) is 25.7 Å². The summed E-state index contributed by atoms with van der Waals surface area (Å²) in [6, 6.07) is 3.85. The van der Waals surface area contributed by atoms with Gasteiger partial charge in [-0.15, -0.1) is 0 Å². The van der Waals surface area contributed by atoms with E-state index in [1.54, 1.807) is 0 Å². The molecule has 16 heavy (non-hydrogen) atoms. The fourth-order valence-electron chi connectivity index (χ4n) is 1.59. The maximum absolute atomic E-state index is 12.0. The number of carbonyl (C=O) groups excluding carboxylic acids is 1. The van der Waals surface area contributed by atoms with Crippen molar-refractivity contribution in [2.75, 3.05) is 13.1 Å². The predicted molar refractivity (Wildman–Crippen MR) is 61.1 cm³/mol. The minimum Gasteiger partial charge on any atom is -0.316 e. The lowest BCUT2D eigenvalue weighted by Crippen LogP contribution is -2.36. The second-order valence-electron chi connectivity index (χ2n) is 3.76. The van der Waals surface area contributed by atoms with Gasteiger partial charge in [-0.05, 0) is 12.8 Å². The first kappa shape index (κ1) is 14.5. The summed E-state index contributed by atoms with van der Waals surface area (Å²) in [7, 11) is 0. The van der Waals surface area contributed by atoms with Crippen LogP contribution in [0, 0.1) is 28.6 Å². The zero-order valence-electron chi connectivity index (χ0n) is 10.1. The van der Waals surface area contributed by atoms with Crippen molar-refractivity contribution < 1.29 is 4.79 Å². The monoisotopic (exact) mass is 221 g/mol. The van der Waals surface area contributed by atoms with E-state index in [-0.39, 0.29) is 24.9 Å². The van der Waals surface area contributed by atoms with Gasteiger partial charge in [-0.25, -0.2) is 0 Å². The molecule has 0 spiro atoms. The smallest absolute Gasteiger partial charge is 0.227 e. The van der Waals surface area contributed by atoms with Crippen LogP contribution < -0.4 is 0 Å². The van der Waals surface area contributed by atoms with Crippen LogP contribution in [0.1, 0.15) is 39.5 Å². The van der Waals surface area contributed by atoms with Crippen molar-refractivity contribution in [1.82, 2.24) is 4.90 Å². The Morgan fingerprint density at radius 3 is 2.19 bits per heavy atom. The summed E-state index contributed by atoms with van der Waals surface area (Å²) in [6.45, 7) is 4.07. The second-order valence-corrected chi connectivity index (χ2v) is 3.76. The summed E-state index contributed by atoms with van der Waals surface area (Å²) < 4.78 is 0. The van der Waals surface area contributed by atoms with Crippen LogP contribution in [0.2, 0.25) is 0 Å². The molecular formula is C12H19N3O. The number of hydrogen-bond acceptors (Lipinski definition) is 3. The van der Waals surface area contributed by atoms with Gasteiger partial charge >= 0.3 is 0 Å². The fraction of sp³-hybridized carbons (Fsp3) is 0.750. The Kier molecular flexibility index (Phi) is 7.89. The summed E-state index contributed by atoms with van der Waals surface area (Å²) in [4.78, 5) is 13.3. The number of nitrogens with zero attached hydrogens (tertiary/aromatic N) is 3. The predicted octanol–water partition coefficient (Wildman–Crippen LogP) is 2.08. The number of carbonyl (C=O) groups is 1. The molecule has 0 radical (unpaired) electrons. The van der Waals surface area contributed by atoms with Gasteiger partial charge in [0.05, 0.1) is 12.1 Å². The Morgan fingerprint density at radius 2 is 1.81 bits per heavy atom. The molecule has 0 saturated heterocycles. The van der Waals surface area contributed by atoms with Gasteiger partial charge in [0.25, 0.3) is 0 Å². The van der Waals surface area contributed by atoms with Gasteiger partial charge in [-0.3, -0.25) is 4.79 Å². The molecule has 1 unspecified atom stereocenters. The Hall–Kier alpha value is -1.55. The quantitative estimate of drug-likeness (QED) is 0.618. The van der Waals surface area contributed by atoms with Crippen molar-refractivity contribution in [2.45, 2.75) is 39.5 Å². The molecule has 0 heterocycles. The maximum Gasteiger partial charge on any atom is 0.227 e. The van der Waals surface area contributed by atoms with E-state index in [0.29, 0.717) is 0 Å². The molecule has 0 bridgehead atoms. The van der Waals surface area contributed by atoms with E-state index in [1.807, 2.05) is 19.1 Å². The lowest BCUT2D eigenvalue weighted by atomic mass is 9.98. The van der Waals surface area contributed by atoms with E-state index in [4.69, 9.17) is 10.5 Å². The Labute approximate surface area is 97.5 Å². The highest BCUT2D eigenvalue weighted by Crippen LogP contribution is 2.15. The third-order valence-corrected chi connectivity index (χ3v) is 2.58. The molecule has 1 atom stereocenters. The number of nitriles is 2. The van der Waals surface area contributed by atoms with Crippen LogP contribution in [-0.2, 0) is 4.79 Å². The van der Waals surface area contributed by atoms with Gasteiger partial charge in [-0.2, -0.15) is 10.5 Å². The molecule has 0 aliphatic heterocycles. The normalized spacial score (nSPS) is 11.2. The molecule has 0 fully saturated rings. The molecule has 0 aromatic carbocycles. The molecule has 0 aromatic rings. The molecule has 0 N–H and O–H groups in total. The Bertz CT molecular complexity index is 272. The van der Waals surface area contributed by atoms with E-state index in [1.165, 1.54) is 4.90 Å². The zero-order valence-corrected chi connectivity index (χ0v) is 10.1. The van der Waals surface area contributed by atoms with E-state index < -0.39 is 0 Å². The van der Waals surface area contributed by atoms with Crippen molar-refractivity contribution in [3.63, 3.8) is 0 Å². The summed E-state index contributed by atoms with van der Waals surface area (Å²) in [5.74, 6) is -0.0966. The van der Waals surface area contributed by atoms with Crippen molar-refractivity contribution >= 4 is 5.91 Å². The molecule has 0 saturated carbocycles. The highest BCUT2D eigenvalue weighted by atomic mass is 16.2. The van der Waals surface area contributed by atoms with Crippen LogP contribution in [0.25, 0.3) is 0 Å².